The smallest absolute Gasteiger partial charge is 0.252 e. The summed E-state index contributed by atoms with van der Waals surface area (Å²) >= 11 is 0. The molecule has 0 aliphatic carbocycles. The number of rotatable bonds is 6. The number of pyridine rings is 1. The number of benzene rings is 2. The molecule has 0 aliphatic heterocycles. The van der Waals surface area contributed by atoms with Crippen molar-refractivity contribution in [2.24, 2.45) is 0 Å². The third-order valence-corrected chi connectivity index (χ3v) is 5.16. The molecule has 1 atom stereocenters. The molecule has 4 aromatic rings. The molecule has 0 saturated carbocycles. The second-order valence-corrected chi connectivity index (χ2v) is 7.01. The monoisotopic (exact) mass is 385 g/mol. The van der Waals surface area contributed by atoms with Crippen molar-refractivity contribution in [3.05, 3.63) is 95.4 Å². The van der Waals surface area contributed by atoms with E-state index in [9.17, 15) is 4.79 Å². The molecule has 2 N–H and O–H groups in total. The predicted molar refractivity (Wildman–Crippen MR) is 114 cm³/mol. The molecule has 2 aromatic heterocycles. The van der Waals surface area contributed by atoms with Gasteiger partial charge in [-0.25, -0.2) is 0 Å². The summed E-state index contributed by atoms with van der Waals surface area (Å²) in [4.78, 5) is 20.2. The van der Waals surface area contributed by atoms with Crippen molar-refractivity contribution < 1.29 is 9.53 Å². The molecular formula is C24H23N3O2. The fourth-order valence-electron chi connectivity index (χ4n) is 3.52. The summed E-state index contributed by atoms with van der Waals surface area (Å²) < 4.78 is 5.29. The molecule has 0 radical (unpaired) electrons. The minimum atomic E-state index is -0.129. The van der Waals surface area contributed by atoms with Crippen molar-refractivity contribution in [3.63, 3.8) is 0 Å². The van der Waals surface area contributed by atoms with Crippen LogP contribution in [-0.2, 0) is 0 Å². The van der Waals surface area contributed by atoms with E-state index in [1.165, 1.54) is 0 Å². The Morgan fingerprint density at radius 3 is 2.62 bits per heavy atom. The van der Waals surface area contributed by atoms with Crippen LogP contribution >= 0.6 is 0 Å². The molecule has 5 heteroatoms. The topological polar surface area (TPSA) is 67.0 Å². The number of fused-ring (bicyclic) bond motifs is 1. The van der Waals surface area contributed by atoms with Gasteiger partial charge < -0.3 is 15.0 Å². The number of nitrogens with zero attached hydrogens (tertiary/aromatic N) is 1. The van der Waals surface area contributed by atoms with Crippen LogP contribution in [0, 0.1) is 6.92 Å². The number of nitrogens with one attached hydrogen (secondary N) is 2. The first-order valence-corrected chi connectivity index (χ1v) is 9.56. The van der Waals surface area contributed by atoms with E-state index in [1.54, 1.807) is 19.4 Å². The Morgan fingerprint density at radius 2 is 1.90 bits per heavy atom. The van der Waals surface area contributed by atoms with Gasteiger partial charge in [0.2, 0.25) is 0 Å². The highest BCUT2D eigenvalue weighted by Gasteiger charge is 2.19. The van der Waals surface area contributed by atoms with Crippen LogP contribution < -0.4 is 10.1 Å². The number of para-hydroxylation sites is 1. The SMILES string of the molecule is COc1ccc(C(CNC(=O)c2ccc(C)nc2)c2c[nH]c3ccccc23)cc1. The van der Waals surface area contributed by atoms with Crippen LogP contribution in [-0.4, -0.2) is 29.5 Å². The lowest BCUT2D eigenvalue weighted by Gasteiger charge is -2.18. The molecule has 0 bridgehead atoms. The summed E-state index contributed by atoms with van der Waals surface area (Å²) in [5.41, 5.74) is 4.78. The van der Waals surface area contributed by atoms with E-state index < -0.39 is 0 Å². The third-order valence-electron chi connectivity index (χ3n) is 5.16. The zero-order chi connectivity index (χ0) is 20.2. The second-order valence-electron chi connectivity index (χ2n) is 7.01. The lowest BCUT2D eigenvalue weighted by atomic mass is 9.90. The summed E-state index contributed by atoms with van der Waals surface area (Å²) in [6.07, 6.45) is 3.64. The Morgan fingerprint density at radius 1 is 1.10 bits per heavy atom. The molecule has 0 saturated heterocycles. The molecule has 29 heavy (non-hydrogen) atoms. The van der Waals surface area contributed by atoms with Crippen LogP contribution in [0.15, 0.2) is 73.1 Å². The first-order valence-electron chi connectivity index (χ1n) is 9.56. The maximum atomic E-state index is 12.6. The third kappa shape index (κ3) is 3.99. The molecule has 2 heterocycles. The van der Waals surface area contributed by atoms with Crippen molar-refractivity contribution in [1.29, 1.82) is 0 Å². The minimum Gasteiger partial charge on any atom is -0.497 e. The average Bonchev–Trinajstić information content (AvgIpc) is 3.19. The number of hydrogen-bond donors (Lipinski definition) is 2. The van der Waals surface area contributed by atoms with Crippen molar-refractivity contribution in [1.82, 2.24) is 15.3 Å². The molecular weight excluding hydrogens is 362 g/mol. The van der Waals surface area contributed by atoms with Gasteiger partial charge in [-0.05, 0) is 48.4 Å². The van der Waals surface area contributed by atoms with Crippen molar-refractivity contribution >= 4 is 16.8 Å². The van der Waals surface area contributed by atoms with Gasteiger partial charge in [0.25, 0.3) is 5.91 Å². The Hall–Kier alpha value is -3.60. The summed E-state index contributed by atoms with van der Waals surface area (Å²) in [5, 5.41) is 4.23. The summed E-state index contributed by atoms with van der Waals surface area (Å²) in [7, 11) is 1.65. The van der Waals surface area contributed by atoms with Gasteiger partial charge in [0, 0.05) is 41.5 Å². The Balaban J connectivity index is 1.64. The van der Waals surface area contributed by atoms with Crippen molar-refractivity contribution in [3.8, 4) is 5.75 Å². The number of carbonyl (C=O) groups excluding carboxylic acids is 1. The van der Waals surface area contributed by atoms with Crippen LogP contribution in [0.3, 0.4) is 0 Å². The van der Waals surface area contributed by atoms with E-state index in [2.05, 4.69) is 27.4 Å². The number of methoxy groups -OCH3 is 1. The first kappa shape index (κ1) is 18.7. The van der Waals surface area contributed by atoms with Crippen molar-refractivity contribution in [2.45, 2.75) is 12.8 Å². The number of amides is 1. The molecule has 0 aliphatic rings. The Bertz CT molecular complexity index is 1120. The predicted octanol–water partition coefficient (Wildman–Crippen LogP) is 4.44. The van der Waals surface area contributed by atoms with Crippen LogP contribution in [0.2, 0.25) is 0 Å². The van der Waals surface area contributed by atoms with Gasteiger partial charge in [0.15, 0.2) is 0 Å². The maximum Gasteiger partial charge on any atom is 0.252 e. The first-order chi connectivity index (χ1) is 14.2. The van der Waals surface area contributed by atoms with E-state index in [0.29, 0.717) is 12.1 Å². The Kier molecular flexibility index (Phi) is 5.29. The van der Waals surface area contributed by atoms with Gasteiger partial charge in [-0.3, -0.25) is 9.78 Å². The molecule has 1 amide bonds. The summed E-state index contributed by atoms with van der Waals surface area (Å²) in [6, 6.07) is 19.8. The maximum absolute atomic E-state index is 12.6. The normalized spacial score (nSPS) is 11.9. The van der Waals surface area contributed by atoms with E-state index in [1.807, 2.05) is 55.6 Å². The molecule has 4 rings (SSSR count). The molecule has 2 aromatic carbocycles. The number of aromatic nitrogens is 2. The van der Waals surface area contributed by atoms with E-state index in [4.69, 9.17) is 4.74 Å². The van der Waals surface area contributed by atoms with E-state index in [-0.39, 0.29) is 11.8 Å². The highest BCUT2D eigenvalue weighted by Crippen LogP contribution is 2.31. The van der Waals surface area contributed by atoms with Gasteiger partial charge in [-0.15, -0.1) is 0 Å². The lowest BCUT2D eigenvalue weighted by Crippen LogP contribution is -2.29. The zero-order valence-electron chi connectivity index (χ0n) is 16.5. The van der Waals surface area contributed by atoms with Crippen LogP contribution in [0.1, 0.15) is 33.1 Å². The zero-order valence-corrected chi connectivity index (χ0v) is 16.5. The Labute approximate surface area is 169 Å². The number of aryl methyl sites for hydroxylation is 1. The van der Waals surface area contributed by atoms with E-state index >= 15 is 0 Å². The molecule has 0 spiro atoms. The van der Waals surface area contributed by atoms with Crippen LogP contribution in [0.25, 0.3) is 10.9 Å². The van der Waals surface area contributed by atoms with Crippen LogP contribution in [0.4, 0.5) is 0 Å². The molecule has 5 nitrogen and oxygen atoms in total. The van der Waals surface area contributed by atoms with Gasteiger partial charge in [-0.2, -0.15) is 0 Å². The standard InChI is InChI=1S/C24H23N3O2/c1-16-7-8-18(13-25-16)24(28)27-14-21(17-9-11-19(29-2)12-10-17)22-15-26-23-6-4-3-5-20(22)23/h3-13,15,21,26H,14H2,1-2H3,(H,27,28). The van der Waals surface area contributed by atoms with Crippen molar-refractivity contribution in [2.75, 3.05) is 13.7 Å². The quantitative estimate of drug-likeness (QED) is 0.516. The lowest BCUT2D eigenvalue weighted by molar-refractivity contribution is 0.0952. The van der Waals surface area contributed by atoms with E-state index in [0.717, 1.165) is 33.5 Å². The highest BCUT2D eigenvalue weighted by molar-refractivity contribution is 5.94. The number of ether oxygens (including phenoxy) is 1. The highest BCUT2D eigenvalue weighted by atomic mass is 16.5. The molecule has 1 unspecified atom stereocenters. The summed E-state index contributed by atoms with van der Waals surface area (Å²) in [6.45, 7) is 2.37. The second kappa shape index (κ2) is 8.19. The fraction of sp³-hybridized carbons (Fsp3) is 0.167. The van der Waals surface area contributed by atoms with Gasteiger partial charge >= 0.3 is 0 Å². The van der Waals surface area contributed by atoms with Crippen LogP contribution in [0.5, 0.6) is 5.75 Å². The number of aromatic amines is 1. The summed E-state index contributed by atoms with van der Waals surface area (Å²) in [5.74, 6) is 0.677. The van der Waals surface area contributed by atoms with Gasteiger partial charge in [0.1, 0.15) is 5.75 Å². The van der Waals surface area contributed by atoms with Gasteiger partial charge in [-0.1, -0.05) is 30.3 Å². The fourth-order valence-corrected chi connectivity index (χ4v) is 3.52. The minimum absolute atomic E-state index is 0.000543. The average molecular weight is 385 g/mol. The molecule has 0 fully saturated rings. The number of H-pyrrole nitrogens is 1. The number of hydrogen-bond acceptors (Lipinski definition) is 3. The van der Waals surface area contributed by atoms with Gasteiger partial charge in [0.05, 0.1) is 12.7 Å². The number of carbonyl (C=O) groups is 1. The molecule has 146 valence electrons. The largest absolute Gasteiger partial charge is 0.497 e.